The summed E-state index contributed by atoms with van der Waals surface area (Å²) in [5.74, 6) is 0.676. The van der Waals surface area contributed by atoms with Crippen LogP contribution in [0.2, 0.25) is 0 Å². The summed E-state index contributed by atoms with van der Waals surface area (Å²) in [5.41, 5.74) is 0.453. The number of hydrogen-bond donors (Lipinski definition) is 2. The van der Waals surface area contributed by atoms with Crippen LogP contribution in [0.15, 0.2) is 24.3 Å². The molecule has 0 aromatic heterocycles. The molecular weight excluding hydrogens is 267 g/mol. The fraction of sp³-hybridized carbons (Fsp3) is 0.600. The summed E-state index contributed by atoms with van der Waals surface area (Å²) in [6.45, 7) is 3.77. The third-order valence-electron chi connectivity index (χ3n) is 4.09. The monoisotopic (exact) mass is 292 g/mol. The van der Waals surface area contributed by atoms with Crippen molar-refractivity contribution in [2.24, 2.45) is 0 Å². The summed E-state index contributed by atoms with van der Waals surface area (Å²) in [6, 6.07) is 7.53. The molecule has 1 atom stereocenters. The molecule has 0 saturated carbocycles. The second-order valence-corrected chi connectivity index (χ2v) is 5.83. The lowest BCUT2D eigenvalue weighted by molar-refractivity contribution is 0.119. The van der Waals surface area contributed by atoms with Crippen LogP contribution in [0.5, 0.6) is 5.75 Å². The quantitative estimate of drug-likeness (QED) is 0.710. The lowest BCUT2D eigenvalue weighted by Gasteiger charge is -2.35. The van der Waals surface area contributed by atoms with E-state index in [0.717, 1.165) is 13.1 Å². The molecule has 5 nitrogen and oxygen atoms in total. The van der Waals surface area contributed by atoms with E-state index in [1.807, 2.05) is 6.07 Å². The minimum absolute atomic E-state index is 0.453. The Morgan fingerprint density at radius 3 is 2.95 bits per heavy atom. The van der Waals surface area contributed by atoms with E-state index < -0.39 is 7.12 Å². The van der Waals surface area contributed by atoms with Gasteiger partial charge in [0.05, 0.1) is 0 Å². The molecule has 6 heteroatoms. The molecule has 1 aliphatic rings. The molecule has 1 fully saturated rings. The Labute approximate surface area is 127 Å². The van der Waals surface area contributed by atoms with E-state index in [1.165, 1.54) is 19.4 Å². The lowest BCUT2D eigenvalue weighted by Crippen LogP contribution is -2.46. The number of benzene rings is 1. The molecule has 1 heterocycles. The first-order valence-electron chi connectivity index (χ1n) is 7.54. The summed E-state index contributed by atoms with van der Waals surface area (Å²) >= 11 is 0. The minimum atomic E-state index is -1.45. The van der Waals surface area contributed by atoms with Crippen LogP contribution < -0.4 is 10.2 Å². The first-order valence-corrected chi connectivity index (χ1v) is 7.54. The Kier molecular flexibility index (Phi) is 6.05. The van der Waals surface area contributed by atoms with E-state index in [4.69, 9.17) is 14.8 Å². The molecule has 0 spiro atoms. The standard InChI is InChI=1S/C15H25BN2O3/c1-17-8-4-6-14(12-17)18(2)9-10-21-15-7-3-5-13(11-15)16(19)20/h3,5,7,11,14,19-20H,4,6,8-10,12H2,1-2H3. The van der Waals surface area contributed by atoms with Crippen molar-refractivity contribution < 1.29 is 14.8 Å². The molecule has 2 rings (SSSR count). The zero-order valence-electron chi connectivity index (χ0n) is 12.9. The smallest absolute Gasteiger partial charge is 0.488 e. The number of rotatable bonds is 6. The maximum atomic E-state index is 9.14. The zero-order valence-corrected chi connectivity index (χ0v) is 12.9. The fourth-order valence-electron chi connectivity index (χ4n) is 2.75. The highest BCUT2D eigenvalue weighted by Crippen LogP contribution is 2.13. The van der Waals surface area contributed by atoms with E-state index in [9.17, 15) is 0 Å². The maximum Gasteiger partial charge on any atom is 0.488 e. The van der Waals surface area contributed by atoms with Gasteiger partial charge in [0, 0.05) is 19.1 Å². The number of hydrogen-bond acceptors (Lipinski definition) is 5. The minimum Gasteiger partial charge on any atom is -0.492 e. The van der Waals surface area contributed by atoms with Crippen molar-refractivity contribution in [3.8, 4) is 5.75 Å². The van der Waals surface area contributed by atoms with Gasteiger partial charge >= 0.3 is 7.12 Å². The Morgan fingerprint density at radius 2 is 2.24 bits per heavy atom. The molecule has 0 amide bonds. The molecule has 21 heavy (non-hydrogen) atoms. The lowest BCUT2D eigenvalue weighted by atomic mass is 9.80. The van der Waals surface area contributed by atoms with Crippen molar-refractivity contribution in [2.75, 3.05) is 40.3 Å². The van der Waals surface area contributed by atoms with Gasteiger partial charge in [0.15, 0.2) is 0 Å². The van der Waals surface area contributed by atoms with Crippen LogP contribution in [0.4, 0.5) is 0 Å². The number of likely N-dealkylation sites (tertiary alicyclic amines) is 1. The van der Waals surface area contributed by atoms with Gasteiger partial charge in [-0.2, -0.15) is 0 Å². The van der Waals surface area contributed by atoms with Crippen molar-refractivity contribution in [3.05, 3.63) is 24.3 Å². The normalized spacial score (nSPS) is 19.8. The van der Waals surface area contributed by atoms with E-state index in [-0.39, 0.29) is 0 Å². The van der Waals surface area contributed by atoms with Gasteiger partial charge in [-0.15, -0.1) is 0 Å². The molecular formula is C15H25BN2O3. The molecule has 1 aromatic carbocycles. The predicted molar refractivity (Wildman–Crippen MR) is 84.9 cm³/mol. The number of piperidine rings is 1. The summed E-state index contributed by atoms with van der Waals surface area (Å²) in [4.78, 5) is 4.72. The van der Waals surface area contributed by atoms with Gasteiger partial charge in [-0.25, -0.2) is 0 Å². The van der Waals surface area contributed by atoms with Crippen LogP contribution in [-0.2, 0) is 0 Å². The van der Waals surface area contributed by atoms with Gasteiger partial charge < -0.3 is 19.7 Å². The van der Waals surface area contributed by atoms with Crippen LogP contribution >= 0.6 is 0 Å². The highest BCUT2D eigenvalue weighted by atomic mass is 16.5. The first-order chi connectivity index (χ1) is 10.1. The topological polar surface area (TPSA) is 56.2 Å². The molecule has 1 aromatic rings. The molecule has 0 bridgehead atoms. The fourth-order valence-corrected chi connectivity index (χ4v) is 2.75. The summed E-state index contributed by atoms with van der Waals surface area (Å²) in [5, 5.41) is 18.3. The molecule has 0 radical (unpaired) electrons. The predicted octanol–water partition coefficient (Wildman–Crippen LogP) is -0.229. The van der Waals surface area contributed by atoms with Crippen LogP contribution in [0.3, 0.4) is 0 Å². The average molecular weight is 292 g/mol. The highest BCUT2D eigenvalue weighted by molar-refractivity contribution is 6.58. The van der Waals surface area contributed by atoms with Crippen molar-refractivity contribution in [1.29, 1.82) is 0 Å². The van der Waals surface area contributed by atoms with Crippen LogP contribution in [0, 0.1) is 0 Å². The third-order valence-corrected chi connectivity index (χ3v) is 4.09. The Balaban J connectivity index is 1.77. The zero-order chi connectivity index (χ0) is 15.2. The number of nitrogens with zero attached hydrogens (tertiary/aromatic N) is 2. The SMILES string of the molecule is CN1CCCC(N(C)CCOc2cccc(B(O)O)c2)C1. The van der Waals surface area contributed by atoms with E-state index >= 15 is 0 Å². The molecule has 116 valence electrons. The Hall–Kier alpha value is -1.08. The van der Waals surface area contributed by atoms with Crippen LogP contribution in [0.1, 0.15) is 12.8 Å². The number of ether oxygens (including phenoxy) is 1. The molecule has 1 saturated heterocycles. The van der Waals surface area contributed by atoms with Gasteiger partial charge in [0.1, 0.15) is 12.4 Å². The van der Waals surface area contributed by atoms with E-state index in [2.05, 4.69) is 23.9 Å². The maximum absolute atomic E-state index is 9.14. The first kappa shape index (κ1) is 16.3. The van der Waals surface area contributed by atoms with Crippen molar-refractivity contribution >= 4 is 12.6 Å². The molecule has 1 aliphatic heterocycles. The average Bonchev–Trinajstić information content (AvgIpc) is 2.47. The molecule has 0 aliphatic carbocycles. The Bertz CT molecular complexity index is 445. The van der Waals surface area contributed by atoms with E-state index in [0.29, 0.717) is 23.9 Å². The summed E-state index contributed by atoms with van der Waals surface area (Å²) in [7, 11) is 2.86. The molecule has 2 N–H and O–H groups in total. The second kappa shape index (κ2) is 7.80. The highest BCUT2D eigenvalue weighted by Gasteiger charge is 2.20. The van der Waals surface area contributed by atoms with Crippen LogP contribution in [0.25, 0.3) is 0 Å². The van der Waals surface area contributed by atoms with Gasteiger partial charge in [0.25, 0.3) is 0 Å². The number of likely N-dealkylation sites (N-methyl/N-ethyl adjacent to an activating group) is 2. The third kappa shape index (κ3) is 5.00. The van der Waals surface area contributed by atoms with Gasteiger partial charge in [-0.1, -0.05) is 12.1 Å². The second-order valence-electron chi connectivity index (χ2n) is 5.83. The molecule has 1 unspecified atom stereocenters. The van der Waals surface area contributed by atoms with Crippen molar-refractivity contribution in [3.63, 3.8) is 0 Å². The van der Waals surface area contributed by atoms with Crippen molar-refractivity contribution in [1.82, 2.24) is 9.80 Å². The van der Waals surface area contributed by atoms with E-state index in [1.54, 1.807) is 18.2 Å². The van der Waals surface area contributed by atoms with Gasteiger partial charge in [-0.05, 0) is 51.1 Å². The summed E-state index contributed by atoms with van der Waals surface area (Å²) < 4.78 is 5.71. The largest absolute Gasteiger partial charge is 0.492 e. The van der Waals surface area contributed by atoms with Crippen LogP contribution in [-0.4, -0.2) is 73.3 Å². The van der Waals surface area contributed by atoms with Gasteiger partial charge in [-0.3, -0.25) is 4.90 Å². The Morgan fingerprint density at radius 1 is 1.43 bits per heavy atom. The van der Waals surface area contributed by atoms with Crippen molar-refractivity contribution in [2.45, 2.75) is 18.9 Å². The van der Waals surface area contributed by atoms with Gasteiger partial charge in [0.2, 0.25) is 0 Å². The summed E-state index contributed by atoms with van der Waals surface area (Å²) in [6.07, 6.45) is 2.50.